The highest BCUT2D eigenvalue weighted by Gasteiger charge is 2.15. The molecule has 0 radical (unpaired) electrons. The van der Waals surface area contributed by atoms with Gasteiger partial charge in [0.05, 0.1) is 6.07 Å². The number of rotatable bonds is 5. The van der Waals surface area contributed by atoms with Gasteiger partial charge in [-0.1, -0.05) is 19.1 Å². The maximum atomic E-state index is 11.9. The van der Waals surface area contributed by atoms with Crippen LogP contribution in [0.15, 0.2) is 29.1 Å². The summed E-state index contributed by atoms with van der Waals surface area (Å²) < 4.78 is 6.56. The second-order valence-corrected chi connectivity index (χ2v) is 6.04. The normalized spacial score (nSPS) is 10.3. The molecule has 0 saturated carbocycles. The second-order valence-electron chi connectivity index (χ2n) is 4.96. The van der Waals surface area contributed by atoms with Gasteiger partial charge in [0.15, 0.2) is 5.75 Å². The Morgan fingerprint density at radius 3 is 2.86 bits per heavy atom. The predicted molar refractivity (Wildman–Crippen MR) is 94.3 cm³/mol. The first-order valence-corrected chi connectivity index (χ1v) is 8.19. The fourth-order valence-electron chi connectivity index (χ4n) is 2.32. The Kier molecular flexibility index (Phi) is 5.61. The smallest absolute Gasteiger partial charge is 0.265 e. The maximum absolute atomic E-state index is 11.9. The van der Waals surface area contributed by atoms with E-state index < -0.39 is 0 Å². The molecule has 114 valence electrons. The van der Waals surface area contributed by atoms with Crippen molar-refractivity contribution in [3.05, 3.63) is 55.0 Å². The third-order valence-corrected chi connectivity index (χ3v) is 4.40. The molecule has 1 N–H and O–H groups in total. The van der Waals surface area contributed by atoms with Gasteiger partial charge in [-0.2, -0.15) is 5.26 Å². The SMILES string of the molecule is CCc1c(C)[nH]c(=O)c(I)c1Oc1cccc(CCC#N)c1. The first kappa shape index (κ1) is 16.6. The summed E-state index contributed by atoms with van der Waals surface area (Å²) in [5.41, 5.74) is 2.76. The van der Waals surface area contributed by atoms with Crippen LogP contribution in [0.25, 0.3) is 0 Å². The Balaban J connectivity index is 2.39. The molecule has 0 spiro atoms. The molecule has 0 aliphatic rings. The van der Waals surface area contributed by atoms with Crippen LogP contribution in [0, 0.1) is 21.8 Å². The number of aryl methyl sites for hydroxylation is 2. The molecule has 0 amide bonds. The number of nitrogens with one attached hydrogen (secondary N) is 1. The van der Waals surface area contributed by atoms with Crippen LogP contribution in [0.2, 0.25) is 0 Å². The van der Waals surface area contributed by atoms with E-state index in [-0.39, 0.29) is 5.56 Å². The number of nitrogens with zero attached hydrogens (tertiary/aromatic N) is 1. The van der Waals surface area contributed by atoms with Crippen molar-refractivity contribution >= 4 is 22.6 Å². The lowest BCUT2D eigenvalue weighted by Crippen LogP contribution is -2.15. The Bertz CT molecular complexity index is 775. The van der Waals surface area contributed by atoms with Crippen LogP contribution < -0.4 is 10.3 Å². The average Bonchev–Trinajstić information content (AvgIpc) is 2.51. The van der Waals surface area contributed by atoms with E-state index in [0.717, 1.165) is 23.2 Å². The molecular weight excluding hydrogens is 391 g/mol. The number of aromatic amines is 1. The highest BCUT2D eigenvalue weighted by molar-refractivity contribution is 14.1. The largest absolute Gasteiger partial charge is 0.456 e. The van der Waals surface area contributed by atoms with Gasteiger partial charge in [0.25, 0.3) is 5.56 Å². The quantitative estimate of drug-likeness (QED) is 0.758. The summed E-state index contributed by atoms with van der Waals surface area (Å²) in [5.74, 6) is 1.31. The van der Waals surface area contributed by atoms with Gasteiger partial charge in [-0.15, -0.1) is 0 Å². The predicted octanol–water partition coefficient (Wildman–Crippen LogP) is 4.10. The highest BCUT2D eigenvalue weighted by atomic mass is 127. The zero-order valence-electron chi connectivity index (χ0n) is 12.6. The maximum Gasteiger partial charge on any atom is 0.265 e. The number of hydrogen-bond acceptors (Lipinski definition) is 3. The molecule has 0 unspecified atom stereocenters. The van der Waals surface area contributed by atoms with E-state index >= 15 is 0 Å². The highest BCUT2D eigenvalue weighted by Crippen LogP contribution is 2.30. The Hall–Kier alpha value is -1.81. The standard InChI is InChI=1S/C17H17IN2O2/c1-3-14-11(2)20-17(21)15(18)16(14)22-13-8-4-6-12(10-13)7-5-9-19/h4,6,8,10H,3,5,7H2,1-2H3,(H,20,21). The van der Waals surface area contributed by atoms with Crippen LogP contribution in [0.4, 0.5) is 0 Å². The van der Waals surface area contributed by atoms with E-state index in [1.807, 2.05) is 60.7 Å². The fraction of sp³-hybridized carbons (Fsp3) is 0.294. The van der Waals surface area contributed by atoms with Crippen molar-refractivity contribution in [2.24, 2.45) is 0 Å². The zero-order valence-corrected chi connectivity index (χ0v) is 14.7. The van der Waals surface area contributed by atoms with Crippen LogP contribution in [0.3, 0.4) is 0 Å². The molecule has 1 aromatic heterocycles. The van der Waals surface area contributed by atoms with Crippen LogP contribution in [-0.4, -0.2) is 4.98 Å². The summed E-state index contributed by atoms with van der Waals surface area (Å²) in [5, 5.41) is 8.68. The van der Waals surface area contributed by atoms with E-state index in [0.29, 0.717) is 27.9 Å². The molecule has 0 aliphatic carbocycles. The molecule has 5 heteroatoms. The number of halogens is 1. The molecule has 22 heavy (non-hydrogen) atoms. The molecule has 4 nitrogen and oxygen atoms in total. The van der Waals surface area contributed by atoms with Crippen molar-refractivity contribution in [2.75, 3.05) is 0 Å². The van der Waals surface area contributed by atoms with Crippen molar-refractivity contribution in [1.82, 2.24) is 4.98 Å². The van der Waals surface area contributed by atoms with E-state index in [1.54, 1.807) is 0 Å². The minimum absolute atomic E-state index is 0.133. The third kappa shape index (κ3) is 3.69. The Morgan fingerprint density at radius 2 is 2.18 bits per heavy atom. The van der Waals surface area contributed by atoms with Crippen molar-refractivity contribution in [2.45, 2.75) is 33.1 Å². The molecular formula is C17H17IN2O2. The van der Waals surface area contributed by atoms with Gasteiger partial charge < -0.3 is 9.72 Å². The number of pyridine rings is 1. The molecule has 1 aromatic carbocycles. The zero-order chi connectivity index (χ0) is 16.1. The topological polar surface area (TPSA) is 65.9 Å². The van der Waals surface area contributed by atoms with Gasteiger partial charge in [0, 0.05) is 17.7 Å². The van der Waals surface area contributed by atoms with Crippen molar-refractivity contribution < 1.29 is 4.74 Å². The van der Waals surface area contributed by atoms with E-state index in [1.165, 1.54) is 0 Å². The van der Waals surface area contributed by atoms with Gasteiger partial charge in [-0.25, -0.2) is 0 Å². The summed E-state index contributed by atoms with van der Waals surface area (Å²) in [6, 6.07) is 9.80. The number of hydrogen-bond donors (Lipinski definition) is 1. The van der Waals surface area contributed by atoms with Crippen molar-refractivity contribution in [3.63, 3.8) is 0 Å². The van der Waals surface area contributed by atoms with E-state index in [4.69, 9.17) is 10.00 Å². The van der Waals surface area contributed by atoms with Crippen LogP contribution >= 0.6 is 22.6 Å². The molecule has 2 rings (SSSR count). The molecule has 0 fully saturated rings. The lowest BCUT2D eigenvalue weighted by Gasteiger charge is -2.14. The summed E-state index contributed by atoms with van der Waals surface area (Å²) in [4.78, 5) is 14.8. The van der Waals surface area contributed by atoms with Gasteiger partial charge in [0.2, 0.25) is 0 Å². The summed E-state index contributed by atoms with van der Waals surface area (Å²) in [6.07, 6.45) is 1.95. The lowest BCUT2D eigenvalue weighted by atomic mass is 10.1. The Labute approximate surface area is 143 Å². The number of ether oxygens (including phenoxy) is 1. The van der Waals surface area contributed by atoms with E-state index in [2.05, 4.69) is 11.1 Å². The summed E-state index contributed by atoms with van der Waals surface area (Å²) >= 11 is 2.02. The lowest BCUT2D eigenvalue weighted by molar-refractivity contribution is 0.469. The van der Waals surface area contributed by atoms with E-state index in [9.17, 15) is 4.79 Å². The van der Waals surface area contributed by atoms with Crippen molar-refractivity contribution in [1.29, 1.82) is 5.26 Å². The molecule has 2 aromatic rings. The summed E-state index contributed by atoms with van der Waals surface area (Å²) in [6.45, 7) is 3.92. The van der Waals surface area contributed by atoms with Crippen LogP contribution in [-0.2, 0) is 12.8 Å². The number of H-pyrrole nitrogens is 1. The number of nitriles is 1. The van der Waals surface area contributed by atoms with Gasteiger partial charge in [0.1, 0.15) is 9.32 Å². The molecule has 0 saturated heterocycles. The minimum Gasteiger partial charge on any atom is -0.456 e. The molecule has 0 atom stereocenters. The van der Waals surface area contributed by atoms with Crippen molar-refractivity contribution in [3.8, 4) is 17.6 Å². The first-order valence-electron chi connectivity index (χ1n) is 7.11. The number of benzene rings is 1. The van der Waals surface area contributed by atoms with Gasteiger partial charge in [-0.3, -0.25) is 4.79 Å². The van der Waals surface area contributed by atoms with Gasteiger partial charge >= 0.3 is 0 Å². The van der Waals surface area contributed by atoms with Crippen LogP contribution in [0.1, 0.15) is 30.2 Å². The molecule has 0 aliphatic heterocycles. The summed E-state index contributed by atoms with van der Waals surface area (Å²) in [7, 11) is 0. The van der Waals surface area contributed by atoms with Gasteiger partial charge in [-0.05, 0) is 60.1 Å². The Morgan fingerprint density at radius 1 is 1.41 bits per heavy atom. The number of aromatic nitrogens is 1. The fourth-order valence-corrected chi connectivity index (χ4v) is 2.89. The van der Waals surface area contributed by atoms with Crippen LogP contribution in [0.5, 0.6) is 11.5 Å². The molecule has 1 heterocycles. The second kappa shape index (κ2) is 7.45. The monoisotopic (exact) mass is 408 g/mol. The third-order valence-electron chi connectivity index (χ3n) is 3.42. The first-order chi connectivity index (χ1) is 10.6. The minimum atomic E-state index is -0.133. The average molecular weight is 408 g/mol. The molecule has 0 bridgehead atoms.